The van der Waals surface area contributed by atoms with E-state index in [1.807, 2.05) is 22.8 Å². The number of benzene rings is 1. The summed E-state index contributed by atoms with van der Waals surface area (Å²) in [4.78, 5) is 14.4. The molecule has 1 atom stereocenters. The Labute approximate surface area is 108 Å². The number of amides is 1. The molecule has 0 radical (unpaired) electrons. The van der Waals surface area contributed by atoms with Crippen LogP contribution in [0.25, 0.3) is 11.0 Å². The maximum atomic E-state index is 11.3. The van der Waals surface area contributed by atoms with E-state index in [9.17, 15) is 4.79 Å². The molecule has 0 spiro atoms. The molecule has 17 heavy (non-hydrogen) atoms. The molecular formula is C11H10ClN3OS. The molecule has 1 aromatic heterocycles. The number of para-hydroxylation sites is 1. The van der Waals surface area contributed by atoms with Crippen molar-refractivity contribution < 1.29 is 4.79 Å². The third-order valence-electron chi connectivity index (χ3n) is 3.02. The van der Waals surface area contributed by atoms with Gasteiger partial charge in [0.25, 0.3) is 0 Å². The first-order valence-electron chi connectivity index (χ1n) is 5.32. The van der Waals surface area contributed by atoms with Gasteiger partial charge in [0.2, 0.25) is 5.91 Å². The summed E-state index contributed by atoms with van der Waals surface area (Å²) < 4.78 is 2.57. The molecule has 1 aliphatic rings. The molecule has 2 N–H and O–H groups in total. The van der Waals surface area contributed by atoms with Gasteiger partial charge in [-0.25, -0.2) is 0 Å². The number of halogens is 1. The van der Waals surface area contributed by atoms with E-state index in [2.05, 4.69) is 10.3 Å². The zero-order chi connectivity index (χ0) is 12.0. The first-order chi connectivity index (χ1) is 8.16. The topological polar surface area (TPSA) is 49.8 Å². The van der Waals surface area contributed by atoms with E-state index < -0.39 is 0 Å². The zero-order valence-corrected chi connectivity index (χ0v) is 10.4. The lowest BCUT2D eigenvalue weighted by atomic mass is 10.2. The van der Waals surface area contributed by atoms with E-state index in [1.165, 1.54) is 0 Å². The number of hydrogen-bond acceptors (Lipinski definition) is 2. The first-order valence-corrected chi connectivity index (χ1v) is 6.11. The summed E-state index contributed by atoms with van der Waals surface area (Å²) >= 11 is 11.4. The molecular weight excluding hydrogens is 258 g/mol. The van der Waals surface area contributed by atoms with Gasteiger partial charge in [-0.1, -0.05) is 17.7 Å². The number of aromatic amines is 1. The number of hydrogen-bond donors (Lipinski definition) is 2. The Kier molecular flexibility index (Phi) is 2.45. The summed E-state index contributed by atoms with van der Waals surface area (Å²) in [6, 6.07) is 5.73. The fraction of sp³-hybridized carbons (Fsp3) is 0.273. The molecule has 6 heteroatoms. The van der Waals surface area contributed by atoms with Gasteiger partial charge in [-0.05, 0) is 24.4 Å². The lowest BCUT2D eigenvalue weighted by Gasteiger charge is -2.10. The molecule has 0 aliphatic carbocycles. The van der Waals surface area contributed by atoms with E-state index >= 15 is 0 Å². The van der Waals surface area contributed by atoms with Gasteiger partial charge in [0, 0.05) is 13.0 Å². The van der Waals surface area contributed by atoms with Gasteiger partial charge < -0.3 is 14.9 Å². The highest BCUT2D eigenvalue weighted by atomic mass is 35.5. The molecule has 0 bridgehead atoms. The summed E-state index contributed by atoms with van der Waals surface area (Å²) in [7, 11) is 0. The Bertz CT molecular complexity index is 660. The minimum absolute atomic E-state index is 0.0632. The number of carbonyl (C=O) groups excluding carboxylic acids is 1. The fourth-order valence-electron chi connectivity index (χ4n) is 2.25. The van der Waals surface area contributed by atoms with E-state index in [-0.39, 0.29) is 11.9 Å². The van der Waals surface area contributed by atoms with E-state index in [4.69, 9.17) is 23.8 Å². The number of carbonyl (C=O) groups is 1. The summed E-state index contributed by atoms with van der Waals surface area (Å²) in [6.07, 6.45) is 0.466. The largest absolute Gasteiger partial charge is 0.354 e. The third kappa shape index (κ3) is 1.66. The minimum atomic E-state index is 0.0632. The van der Waals surface area contributed by atoms with Gasteiger partial charge in [0.1, 0.15) is 0 Å². The number of aromatic nitrogens is 2. The molecule has 3 rings (SSSR count). The van der Waals surface area contributed by atoms with Crippen molar-refractivity contribution in [2.75, 3.05) is 6.54 Å². The van der Waals surface area contributed by atoms with Gasteiger partial charge in [0.05, 0.1) is 22.1 Å². The van der Waals surface area contributed by atoms with E-state index in [0.29, 0.717) is 22.8 Å². The summed E-state index contributed by atoms with van der Waals surface area (Å²) in [5.41, 5.74) is 1.78. The van der Waals surface area contributed by atoms with Gasteiger partial charge in [0.15, 0.2) is 4.77 Å². The van der Waals surface area contributed by atoms with Crippen LogP contribution in [0.15, 0.2) is 18.2 Å². The van der Waals surface area contributed by atoms with Crippen LogP contribution >= 0.6 is 23.8 Å². The average Bonchev–Trinajstić information content (AvgIpc) is 2.82. The third-order valence-corrected chi connectivity index (χ3v) is 3.64. The number of H-pyrrole nitrogens is 1. The fourth-order valence-corrected chi connectivity index (χ4v) is 2.82. The van der Waals surface area contributed by atoms with Crippen molar-refractivity contribution in [3.05, 3.63) is 28.0 Å². The van der Waals surface area contributed by atoms with E-state index in [1.54, 1.807) is 0 Å². The second-order valence-electron chi connectivity index (χ2n) is 4.10. The monoisotopic (exact) mass is 267 g/mol. The lowest BCUT2D eigenvalue weighted by Crippen LogP contribution is -2.15. The predicted molar refractivity (Wildman–Crippen MR) is 68.8 cm³/mol. The maximum Gasteiger partial charge on any atom is 0.222 e. The van der Waals surface area contributed by atoms with Gasteiger partial charge in [-0.2, -0.15) is 0 Å². The van der Waals surface area contributed by atoms with Crippen LogP contribution < -0.4 is 5.32 Å². The average molecular weight is 268 g/mol. The Balaban J connectivity index is 2.22. The minimum Gasteiger partial charge on any atom is -0.354 e. The van der Waals surface area contributed by atoms with Crippen LogP contribution in [-0.4, -0.2) is 22.0 Å². The second kappa shape index (κ2) is 3.85. The first kappa shape index (κ1) is 10.8. The van der Waals surface area contributed by atoms with Gasteiger partial charge in [-0.3, -0.25) is 4.79 Å². The van der Waals surface area contributed by atoms with Crippen molar-refractivity contribution in [3.8, 4) is 0 Å². The van der Waals surface area contributed by atoms with Crippen LogP contribution in [0.4, 0.5) is 0 Å². The number of nitrogens with one attached hydrogen (secondary N) is 2. The zero-order valence-electron chi connectivity index (χ0n) is 8.87. The van der Waals surface area contributed by atoms with Crippen LogP contribution in [0.2, 0.25) is 5.02 Å². The van der Waals surface area contributed by atoms with Crippen molar-refractivity contribution in [1.29, 1.82) is 0 Å². The van der Waals surface area contributed by atoms with Crippen molar-refractivity contribution in [1.82, 2.24) is 14.9 Å². The Hall–Kier alpha value is -1.33. The highest BCUT2D eigenvalue weighted by molar-refractivity contribution is 7.71. The van der Waals surface area contributed by atoms with Crippen LogP contribution in [0.5, 0.6) is 0 Å². The Morgan fingerprint density at radius 1 is 1.47 bits per heavy atom. The summed E-state index contributed by atoms with van der Waals surface area (Å²) in [5.74, 6) is 0.0632. The molecule has 1 aliphatic heterocycles. The molecule has 1 amide bonds. The van der Waals surface area contributed by atoms with Crippen molar-refractivity contribution in [2.24, 2.45) is 0 Å². The molecule has 2 aromatic rings. The smallest absolute Gasteiger partial charge is 0.222 e. The highest BCUT2D eigenvalue weighted by Gasteiger charge is 2.25. The number of rotatable bonds is 1. The van der Waals surface area contributed by atoms with Crippen LogP contribution in [0.1, 0.15) is 12.5 Å². The lowest BCUT2D eigenvalue weighted by molar-refractivity contribution is -0.119. The highest BCUT2D eigenvalue weighted by Crippen LogP contribution is 2.27. The Morgan fingerprint density at radius 2 is 2.29 bits per heavy atom. The second-order valence-corrected chi connectivity index (χ2v) is 4.89. The molecule has 1 saturated heterocycles. The number of imidazole rings is 1. The normalized spacial score (nSPS) is 19.8. The van der Waals surface area contributed by atoms with Crippen molar-refractivity contribution in [3.63, 3.8) is 0 Å². The Morgan fingerprint density at radius 3 is 3.00 bits per heavy atom. The van der Waals surface area contributed by atoms with Crippen LogP contribution in [-0.2, 0) is 4.79 Å². The molecule has 1 aromatic carbocycles. The van der Waals surface area contributed by atoms with Crippen LogP contribution in [0.3, 0.4) is 0 Å². The van der Waals surface area contributed by atoms with Gasteiger partial charge >= 0.3 is 0 Å². The predicted octanol–water partition coefficient (Wildman–Crippen LogP) is 2.41. The van der Waals surface area contributed by atoms with E-state index in [0.717, 1.165) is 11.0 Å². The molecule has 1 fully saturated rings. The molecule has 88 valence electrons. The maximum absolute atomic E-state index is 11.3. The standard InChI is InChI=1S/C11H10ClN3OS/c12-7-2-1-3-8-10(7)14-11(17)15(8)6-4-9(16)13-5-6/h1-3,6H,4-5H2,(H,13,16)(H,14,17). The number of nitrogens with zero attached hydrogens (tertiary/aromatic N) is 1. The summed E-state index contributed by atoms with van der Waals surface area (Å²) in [5, 5.41) is 3.45. The molecule has 2 heterocycles. The van der Waals surface area contributed by atoms with Crippen molar-refractivity contribution in [2.45, 2.75) is 12.5 Å². The van der Waals surface area contributed by atoms with Gasteiger partial charge in [-0.15, -0.1) is 0 Å². The molecule has 4 nitrogen and oxygen atoms in total. The summed E-state index contributed by atoms with van der Waals surface area (Å²) in [6.45, 7) is 0.618. The quantitative estimate of drug-likeness (QED) is 0.780. The molecule has 0 saturated carbocycles. The SMILES string of the molecule is O=C1CC(n2c(=S)[nH]c3c(Cl)cccc32)CN1. The van der Waals surface area contributed by atoms with Crippen molar-refractivity contribution >= 4 is 40.8 Å². The molecule has 1 unspecified atom stereocenters. The van der Waals surface area contributed by atoms with Crippen LogP contribution in [0, 0.1) is 4.77 Å². The number of fused-ring (bicyclic) bond motifs is 1.